The molecule has 1 saturated heterocycles. The largest absolute Gasteiger partial charge is 0.507 e. The molecule has 0 aliphatic carbocycles. The van der Waals surface area contributed by atoms with Crippen LogP contribution in [0.15, 0.2) is 72.3 Å². The summed E-state index contributed by atoms with van der Waals surface area (Å²) in [6.45, 7) is 9.28. The maximum atomic E-state index is 13.5. The molecular formula is C31H28N2O5. The first-order valence-corrected chi connectivity index (χ1v) is 12.1. The molecule has 4 rings (SSSR count). The van der Waals surface area contributed by atoms with E-state index in [1.54, 1.807) is 48.5 Å². The lowest BCUT2D eigenvalue weighted by Crippen LogP contribution is -2.29. The summed E-state index contributed by atoms with van der Waals surface area (Å²) < 4.78 is 5.14. The molecule has 7 nitrogen and oxygen atoms in total. The maximum absolute atomic E-state index is 13.5. The van der Waals surface area contributed by atoms with Gasteiger partial charge in [0.05, 0.1) is 23.2 Å². The summed E-state index contributed by atoms with van der Waals surface area (Å²) in [5.41, 5.74) is 3.28. The first kappa shape index (κ1) is 26.4. The fourth-order valence-electron chi connectivity index (χ4n) is 4.48. The number of aliphatic hydroxyl groups is 1. The van der Waals surface area contributed by atoms with E-state index in [-0.39, 0.29) is 16.7 Å². The van der Waals surface area contributed by atoms with Gasteiger partial charge in [0, 0.05) is 18.2 Å². The Bertz CT molecular complexity index is 1500. The van der Waals surface area contributed by atoms with Gasteiger partial charge in [0.1, 0.15) is 11.5 Å². The van der Waals surface area contributed by atoms with Gasteiger partial charge in [0.15, 0.2) is 0 Å². The summed E-state index contributed by atoms with van der Waals surface area (Å²) in [5.74, 6) is -2.05. The minimum absolute atomic E-state index is 0.0474. The van der Waals surface area contributed by atoms with Crippen LogP contribution >= 0.6 is 0 Å². The van der Waals surface area contributed by atoms with Crippen LogP contribution < -0.4 is 9.64 Å². The van der Waals surface area contributed by atoms with Crippen molar-refractivity contribution in [3.05, 3.63) is 100 Å². The van der Waals surface area contributed by atoms with Crippen LogP contribution in [0.25, 0.3) is 5.76 Å². The lowest BCUT2D eigenvalue weighted by Gasteiger charge is -2.26. The minimum atomic E-state index is -0.952. The first-order chi connectivity index (χ1) is 17.9. The highest BCUT2D eigenvalue weighted by atomic mass is 16.5. The third-order valence-corrected chi connectivity index (χ3v) is 6.54. The van der Waals surface area contributed by atoms with Crippen molar-refractivity contribution in [2.24, 2.45) is 0 Å². The lowest BCUT2D eigenvalue weighted by atomic mass is 9.84. The third-order valence-electron chi connectivity index (χ3n) is 6.54. The number of hydrogen-bond donors (Lipinski definition) is 1. The minimum Gasteiger partial charge on any atom is -0.507 e. The molecule has 1 aliphatic heterocycles. The van der Waals surface area contributed by atoms with Crippen LogP contribution in [0, 0.1) is 18.3 Å². The molecule has 38 heavy (non-hydrogen) atoms. The summed E-state index contributed by atoms with van der Waals surface area (Å²) in [7, 11) is 0. The molecule has 1 unspecified atom stereocenters. The first-order valence-electron chi connectivity index (χ1n) is 12.1. The van der Waals surface area contributed by atoms with Crippen LogP contribution in [0.3, 0.4) is 0 Å². The number of amides is 1. The van der Waals surface area contributed by atoms with Gasteiger partial charge in [-0.2, -0.15) is 5.26 Å². The number of carbonyl (C=O) groups excluding carboxylic acids is 3. The third kappa shape index (κ3) is 4.94. The molecule has 0 spiro atoms. The van der Waals surface area contributed by atoms with Crippen molar-refractivity contribution >= 4 is 29.1 Å². The van der Waals surface area contributed by atoms with Gasteiger partial charge in [0.25, 0.3) is 11.7 Å². The number of anilines is 1. The smallest absolute Gasteiger partial charge is 0.308 e. The van der Waals surface area contributed by atoms with E-state index < -0.39 is 23.7 Å². The highest BCUT2D eigenvalue weighted by molar-refractivity contribution is 6.51. The van der Waals surface area contributed by atoms with Crippen LogP contribution in [0.4, 0.5) is 5.69 Å². The lowest BCUT2D eigenvalue weighted by molar-refractivity contribution is -0.132. The van der Waals surface area contributed by atoms with Crippen molar-refractivity contribution in [2.45, 2.75) is 46.1 Å². The van der Waals surface area contributed by atoms with Gasteiger partial charge >= 0.3 is 5.97 Å². The summed E-state index contributed by atoms with van der Waals surface area (Å²) in [6, 6.07) is 19.5. The summed E-state index contributed by atoms with van der Waals surface area (Å²) in [6.07, 6.45) is 0. The SMILES string of the molecule is CC(=O)Oc1ccc(C2/C(=C(\O)c3cc(C(C)(C)C)ccc3C)C(=O)C(=O)N2c2ccc(C#N)cc2)cc1. The van der Waals surface area contributed by atoms with E-state index in [1.807, 2.05) is 31.2 Å². The van der Waals surface area contributed by atoms with E-state index in [1.165, 1.54) is 11.8 Å². The van der Waals surface area contributed by atoms with Crippen molar-refractivity contribution in [2.75, 3.05) is 4.90 Å². The molecule has 0 bridgehead atoms. The number of hydrogen-bond acceptors (Lipinski definition) is 6. The molecule has 1 atom stereocenters. The number of Topliss-reactive ketones (excluding diaryl/α,β-unsaturated/α-hetero) is 1. The van der Waals surface area contributed by atoms with Gasteiger partial charge in [0.2, 0.25) is 0 Å². The number of esters is 1. The van der Waals surface area contributed by atoms with Crippen LogP contribution in [-0.2, 0) is 19.8 Å². The highest BCUT2D eigenvalue weighted by Gasteiger charge is 2.47. The van der Waals surface area contributed by atoms with E-state index in [9.17, 15) is 24.8 Å². The van der Waals surface area contributed by atoms with E-state index in [0.29, 0.717) is 28.1 Å². The highest BCUT2D eigenvalue weighted by Crippen LogP contribution is 2.43. The Morgan fingerprint density at radius 2 is 1.63 bits per heavy atom. The van der Waals surface area contributed by atoms with Crippen LogP contribution in [0.1, 0.15) is 61.6 Å². The monoisotopic (exact) mass is 508 g/mol. The standard InChI is InChI=1S/C31H28N2O5/c1-18-6-11-22(31(3,4)5)16-25(18)28(35)26-27(21-9-14-24(15-10-21)38-19(2)34)33(30(37)29(26)36)23-12-7-20(17-32)8-13-23/h6-16,27,35H,1-5H3/b28-26+. The Labute approximate surface area is 221 Å². The molecule has 3 aromatic carbocycles. The van der Waals surface area contributed by atoms with Gasteiger partial charge in [-0.3, -0.25) is 19.3 Å². The molecule has 192 valence electrons. The summed E-state index contributed by atoms with van der Waals surface area (Å²) in [5, 5.41) is 20.8. The molecule has 1 heterocycles. The van der Waals surface area contributed by atoms with E-state index in [4.69, 9.17) is 4.74 Å². The van der Waals surface area contributed by atoms with Crippen LogP contribution in [-0.4, -0.2) is 22.8 Å². The number of benzene rings is 3. The molecule has 0 aromatic heterocycles. The summed E-state index contributed by atoms with van der Waals surface area (Å²) >= 11 is 0. The zero-order valence-electron chi connectivity index (χ0n) is 21.9. The molecule has 0 saturated carbocycles. The van der Waals surface area contributed by atoms with E-state index in [0.717, 1.165) is 11.1 Å². The Balaban J connectivity index is 1.94. The van der Waals surface area contributed by atoms with Crippen molar-refractivity contribution in [3.63, 3.8) is 0 Å². The van der Waals surface area contributed by atoms with Crippen LogP contribution in [0.5, 0.6) is 5.75 Å². The topological polar surface area (TPSA) is 108 Å². The number of rotatable bonds is 4. The number of carbonyl (C=O) groups is 3. The van der Waals surface area contributed by atoms with Gasteiger partial charge in [-0.25, -0.2) is 0 Å². The second-order valence-corrected chi connectivity index (χ2v) is 10.3. The Hall–Kier alpha value is -4.70. The number of nitriles is 1. The Kier molecular flexibility index (Phi) is 6.93. The molecule has 0 radical (unpaired) electrons. The zero-order chi connectivity index (χ0) is 27.8. The average molecular weight is 509 g/mol. The van der Waals surface area contributed by atoms with Crippen LogP contribution in [0.2, 0.25) is 0 Å². The normalized spacial score (nSPS) is 16.8. The molecule has 1 aliphatic rings. The van der Waals surface area contributed by atoms with E-state index >= 15 is 0 Å². The van der Waals surface area contributed by atoms with Crippen molar-refractivity contribution in [3.8, 4) is 11.8 Å². The number of nitrogens with zero attached hydrogens (tertiary/aromatic N) is 2. The number of ether oxygens (including phenoxy) is 1. The molecule has 1 fully saturated rings. The predicted molar refractivity (Wildman–Crippen MR) is 144 cm³/mol. The number of ketones is 1. The fourth-order valence-corrected chi connectivity index (χ4v) is 4.48. The second-order valence-electron chi connectivity index (χ2n) is 10.3. The Morgan fingerprint density at radius 3 is 2.18 bits per heavy atom. The number of aliphatic hydroxyl groups excluding tert-OH is 1. The average Bonchev–Trinajstić information content (AvgIpc) is 3.13. The number of aryl methyl sites for hydroxylation is 1. The van der Waals surface area contributed by atoms with Gasteiger partial charge in [-0.15, -0.1) is 0 Å². The maximum Gasteiger partial charge on any atom is 0.308 e. The fraction of sp³-hybridized carbons (Fsp3) is 0.226. The van der Waals surface area contributed by atoms with Crippen molar-refractivity contribution in [1.82, 2.24) is 0 Å². The molecule has 1 amide bonds. The van der Waals surface area contributed by atoms with Crippen molar-refractivity contribution < 1.29 is 24.2 Å². The Morgan fingerprint density at radius 1 is 1.00 bits per heavy atom. The zero-order valence-corrected chi connectivity index (χ0v) is 21.9. The molecule has 3 aromatic rings. The molecule has 7 heteroatoms. The van der Waals surface area contributed by atoms with Gasteiger partial charge in [-0.1, -0.05) is 45.0 Å². The van der Waals surface area contributed by atoms with E-state index in [2.05, 4.69) is 20.8 Å². The second kappa shape index (κ2) is 9.98. The van der Waals surface area contributed by atoms with Gasteiger partial charge in [-0.05, 0) is 71.5 Å². The van der Waals surface area contributed by atoms with Crippen molar-refractivity contribution in [1.29, 1.82) is 5.26 Å². The molecular weight excluding hydrogens is 480 g/mol. The summed E-state index contributed by atoms with van der Waals surface area (Å²) in [4.78, 5) is 39.6. The quantitative estimate of drug-likeness (QED) is 0.159. The molecule has 1 N–H and O–H groups in total. The van der Waals surface area contributed by atoms with Gasteiger partial charge < -0.3 is 9.84 Å². The predicted octanol–water partition coefficient (Wildman–Crippen LogP) is 5.72.